The van der Waals surface area contributed by atoms with Crippen LogP contribution in [0.25, 0.3) is 0 Å². The van der Waals surface area contributed by atoms with Crippen LogP contribution in [0.15, 0.2) is 48.5 Å². The Balaban J connectivity index is 1.79. The number of carbonyl (C=O) groups is 2. The summed E-state index contributed by atoms with van der Waals surface area (Å²) in [6.45, 7) is 2.41. The molecule has 0 amide bonds. The molecule has 0 spiro atoms. The van der Waals surface area contributed by atoms with Crippen molar-refractivity contribution in [2.75, 3.05) is 18.1 Å². The molecule has 0 aromatic heterocycles. The Labute approximate surface area is 150 Å². The van der Waals surface area contributed by atoms with Gasteiger partial charge in [-0.2, -0.15) is 0 Å². The summed E-state index contributed by atoms with van der Waals surface area (Å²) < 4.78 is 23.3. The third kappa shape index (κ3) is 6.58. The Morgan fingerprint density at radius 3 is 2.32 bits per heavy atom. The molecule has 2 aromatic carbocycles. The van der Waals surface area contributed by atoms with E-state index in [2.05, 4.69) is 0 Å². The van der Waals surface area contributed by atoms with Gasteiger partial charge in [-0.15, -0.1) is 11.8 Å². The summed E-state index contributed by atoms with van der Waals surface area (Å²) >= 11 is 1.23. The summed E-state index contributed by atoms with van der Waals surface area (Å²) in [6.07, 6.45) is 0. The summed E-state index contributed by atoms with van der Waals surface area (Å²) in [5.74, 6) is 0.351. The van der Waals surface area contributed by atoms with Crippen molar-refractivity contribution in [3.8, 4) is 5.75 Å². The van der Waals surface area contributed by atoms with Gasteiger partial charge in [0.1, 0.15) is 18.2 Å². The van der Waals surface area contributed by atoms with Crippen LogP contribution in [0, 0.1) is 5.82 Å². The Morgan fingerprint density at radius 2 is 1.68 bits per heavy atom. The van der Waals surface area contributed by atoms with E-state index in [1.54, 1.807) is 43.3 Å². The first-order valence-electron chi connectivity index (χ1n) is 7.82. The van der Waals surface area contributed by atoms with Crippen molar-refractivity contribution in [2.24, 2.45) is 0 Å². The molecular formula is C19H19FO4S. The van der Waals surface area contributed by atoms with Crippen LogP contribution in [-0.4, -0.2) is 29.9 Å². The summed E-state index contributed by atoms with van der Waals surface area (Å²) in [5, 5.41) is 0. The van der Waals surface area contributed by atoms with Crippen LogP contribution in [0.1, 0.15) is 22.8 Å². The fourth-order valence-corrected chi connectivity index (χ4v) is 2.70. The minimum atomic E-state index is -0.315. The molecule has 0 heterocycles. The number of ketones is 1. The van der Waals surface area contributed by atoms with E-state index in [1.165, 1.54) is 23.9 Å². The second kappa shape index (κ2) is 9.84. The van der Waals surface area contributed by atoms with Gasteiger partial charge in [-0.25, -0.2) is 4.39 Å². The lowest BCUT2D eigenvalue weighted by atomic mass is 10.1. The lowest BCUT2D eigenvalue weighted by molar-refractivity contribution is -0.139. The smallest absolute Gasteiger partial charge is 0.315 e. The molecule has 0 bridgehead atoms. The van der Waals surface area contributed by atoms with E-state index in [0.29, 0.717) is 24.5 Å². The number of hydrogen-bond donors (Lipinski definition) is 0. The molecule has 2 rings (SSSR count). The van der Waals surface area contributed by atoms with Gasteiger partial charge in [0, 0.05) is 5.56 Å². The van der Waals surface area contributed by atoms with Gasteiger partial charge in [-0.1, -0.05) is 12.1 Å². The van der Waals surface area contributed by atoms with Gasteiger partial charge in [0.25, 0.3) is 0 Å². The maximum absolute atomic E-state index is 12.8. The maximum atomic E-state index is 12.8. The normalized spacial score (nSPS) is 10.3. The average molecular weight is 362 g/mol. The van der Waals surface area contributed by atoms with Gasteiger partial charge in [0.15, 0.2) is 5.78 Å². The van der Waals surface area contributed by atoms with Crippen LogP contribution >= 0.6 is 11.8 Å². The minimum Gasteiger partial charge on any atom is -0.489 e. The van der Waals surface area contributed by atoms with Crippen LogP contribution in [0.5, 0.6) is 5.75 Å². The van der Waals surface area contributed by atoms with Crippen molar-refractivity contribution in [3.63, 3.8) is 0 Å². The highest BCUT2D eigenvalue weighted by atomic mass is 32.2. The number of halogens is 1. The summed E-state index contributed by atoms with van der Waals surface area (Å²) in [7, 11) is 0. The van der Waals surface area contributed by atoms with Gasteiger partial charge >= 0.3 is 5.97 Å². The fourth-order valence-electron chi connectivity index (χ4n) is 2.00. The molecule has 132 valence electrons. The molecule has 0 fully saturated rings. The Morgan fingerprint density at radius 1 is 1.00 bits per heavy atom. The Bertz CT molecular complexity index is 698. The van der Waals surface area contributed by atoms with Gasteiger partial charge in [0.05, 0.1) is 18.1 Å². The van der Waals surface area contributed by atoms with Crippen molar-refractivity contribution >= 4 is 23.5 Å². The first kappa shape index (κ1) is 19.0. The minimum absolute atomic E-state index is 0.0561. The standard InChI is InChI=1S/C19H19FO4S/c1-2-23-19(22)13-25-12-18(21)15-5-9-17(10-6-15)24-11-14-3-7-16(20)8-4-14/h3-10H,2,11-13H2,1H3. The number of ether oxygens (including phenoxy) is 2. The molecule has 4 nitrogen and oxygen atoms in total. The van der Waals surface area contributed by atoms with Crippen LogP contribution in [0.2, 0.25) is 0 Å². The molecule has 25 heavy (non-hydrogen) atoms. The molecule has 0 aliphatic heterocycles. The molecule has 0 saturated heterocycles. The molecule has 2 aromatic rings. The summed E-state index contributed by atoms with van der Waals surface area (Å²) in [5.41, 5.74) is 1.42. The first-order chi connectivity index (χ1) is 12.1. The molecular weight excluding hydrogens is 343 g/mol. The molecule has 0 N–H and O–H groups in total. The number of hydrogen-bond acceptors (Lipinski definition) is 5. The number of benzene rings is 2. The Hall–Kier alpha value is -2.34. The SMILES string of the molecule is CCOC(=O)CSCC(=O)c1ccc(OCc2ccc(F)cc2)cc1. The number of thioether (sulfide) groups is 1. The van der Waals surface area contributed by atoms with E-state index in [9.17, 15) is 14.0 Å². The van der Waals surface area contributed by atoms with Crippen molar-refractivity contribution in [1.29, 1.82) is 0 Å². The van der Waals surface area contributed by atoms with Crippen LogP contribution in [-0.2, 0) is 16.1 Å². The van der Waals surface area contributed by atoms with Crippen LogP contribution in [0.3, 0.4) is 0 Å². The summed E-state index contributed by atoms with van der Waals surface area (Å²) in [6, 6.07) is 12.9. The zero-order chi connectivity index (χ0) is 18.1. The number of Topliss-reactive ketones (excluding diaryl/α,β-unsaturated/α-hetero) is 1. The molecule has 0 unspecified atom stereocenters. The summed E-state index contributed by atoms with van der Waals surface area (Å²) in [4.78, 5) is 23.3. The zero-order valence-corrected chi connectivity index (χ0v) is 14.7. The zero-order valence-electron chi connectivity index (χ0n) is 13.9. The third-order valence-electron chi connectivity index (χ3n) is 3.25. The molecule has 0 atom stereocenters. The van der Waals surface area contributed by atoms with Gasteiger partial charge < -0.3 is 9.47 Å². The van der Waals surface area contributed by atoms with E-state index in [1.807, 2.05) is 0 Å². The third-order valence-corrected chi connectivity index (χ3v) is 4.16. The largest absolute Gasteiger partial charge is 0.489 e. The van der Waals surface area contributed by atoms with E-state index < -0.39 is 0 Å². The van der Waals surface area contributed by atoms with Crippen molar-refractivity contribution in [3.05, 3.63) is 65.5 Å². The molecule has 0 aliphatic carbocycles. The van der Waals surface area contributed by atoms with E-state index >= 15 is 0 Å². The maximum Gasteiger partial charge on any atom is 0.315 e. The van der Waals surface area contributed by atoms with E-state index in [-0.39, 0.29) is 29.1 Å². The highest BCUT2D eigenvalue weighted by Crippen LogP contribution is 2.16. The van der Waals surface area contributed by atoms with Crippen LogP contribution in [0.4, 0.5) is 4.39 Å². The van der Waals surface area contributed by atoms with Gasteiger partial charge in [-0.3, -0.25) is 9.59 Å². The lowest BCUT2D eigenvalue weighted by Crippen LogP contribution is -2.10. The molecule has 0 saturated carbocycles. The molecule has 0 aliphatic rings. The van der Waals surface area contributed by atoms with Crippen molar-refractivity contribution in [1.82, 2.24) is 0 Å². The number of esters is 1. The Kier molecular flexibility index (Phi) is 7.47. The van der Waals surface area contributed by atoms with Gasteiger partial charge in [0.2, 0.25) is 0 Å². The van der Waals surface area contributed by atoms with Crippen molar-refractivity contribution in [2.45, 2.75) is 13.5 Å². The highest BCUT2D eigenvalue weighted by molar-refractivity contribution is 8.00. The molecule has 6 heteroatoms. The predicted molar refractivity (Wildman–Crippen MR) is 95.5 cm³/mol. The highest BCUT2D eigenvalue weighted by Gasteiger charge is 2.09. The average Bonchev–Trinajstić information content (AvgIpc) is 2.62. The quantitative estimate of drug-likeness (QED) is 0.500. The van der Waals surface area contributed by atoms with Crippen LogP contribution < -0.4 is 4.74 Å². The second-order valence-corrected chi connectivity index (χ2v) is 6.15. The number of carbonyl (C=O) groups excluding carboxylic acids is 2. The molecule has 0 radical (unpaired) electrons. The predicted octanol–water partition coefficient (Wildman–Crippen LogP) is 3.88. The monoisotopic (exact) mass is 362 g/mol. The van der Waals surface area contributed by atoms with Crippen molar-refractivity contribution < 1.29 is 23.5 Å². The second-order valence-electron chi connectivity index (χ2n) is 5.16. The first-order valence-corrected chi connectivity index (χ1v) is 8.98. The lowest BCUT2D eigenvalue weighted by Gasteiger charge is -2.07. The van der Waals surface area contributed by atoms with Gasteiger partial charge in [-0.05, 0) is 48.9 Å². The topological polar surface area (TPSA) is 52.6 Å². The van der Waals surface area contributed by atoms with E-state index in [4.69, 9.17) is 9.47 Å². The number of rotatable bonds is 9. The van der Waals surface area contributed by atoms with E-state index in [0.717, 1.165) is 5.56 Å². The fraction of sp³-hybridized carbons (Fsp3) is 0.263.